The largest absolute Gasteiger partial charge is 0.288 e. The highest BCUT2D eigenvalue weighted by atomic mass is 32.2. The lowest BCUT2D eigenvalue weighted by Gasteiger charge is -1.94. The van der Waals surface area contributed by atoms with Gasteiger partial charge in [0, 0.05) is 30.6 Å². The minimum Gasteiger partial charge on any atom is -0.288 e. The highest BCUT2D eigenvalue weighted by molar-refractivity contribution is 8.13. The predicted octanol–water partition coefficient (Wildman–Crippen LogP) is 2.47. The van der Waals surface area contributed by atoms with E-state index in [0.717, 1.165) is 23.6 Å². The third-order valence-electron chi connectivity index (χ3n) is 1.70. The lowest BCUT2D eigenvalue weighted by atomic mass is 10.3. The fourth-order valence-corrected chi connectivity index (χ4v) is 1.52. The van der Waals surface area contributed by atoms with Crippen LogP contribution in [-0.4, -0.2) is 20.8 Å². The standard InChI is InChI=1S/C11H14N2OS/c1-9-12-7-11(8-13-9)5-3-4-6-15-10(2)14/h3,5,7-8H,4,6H2,1-2H3. The highest BCUT2D eigenvalue weighted by Gasteiger charge is 1.91. The van der Waals surface area contributed by atoms with Crippen molar-refractivity contribution < 1.29 is 4.79 Å². The zero-order chi connectivity index (χ0) is 11.1. The van der Waals surface area contributed by atoms with Gasteiger partial charge in [-0.2, -0.15) is 0 Å². The zero-order valence-electron chi connectivity index (χ0n) is 8.93. The molecule has 4 heteroatoms. The number of hydrogen-bond acceptors (Lipinski definition) is 4. The summed E-state index contributed by atoms with van der Waals surface area (Å²) in [6.45, 7) is 3.44. The van der Waals surface area contributed by atoms with Crippen molar-refractivity contribution >= 4 is 23.0 Å². The van der Waals surface area contributed by atoms with Crippen LogP contribution < -0.4 is 0 Å². The van der Waals surface area contributed by atoms with E-state index >= 15 is 0 Å². The number of allylic oxidation sites excluding steroid dienone is 1. The monoisotopic (exact) mass is 222 g/mol. The maximum absolute atomic E-state index is 10.6. The molecule has 1 aromatic rings. The van der Waals surface area contributed by atoms with Gasteiger partial charge >= 0.3 is 0 Å². The molecule has 0 radical (unpaired) electrons. The second-order valence-corrected chi connectivity index (χ2v) is 4.37. The van der Waals surface area contributed by atoms with E-state index in [2.05, 4.69) is 9.97 Å². The minimum atomic E-state index is 0.169. The first kappa shape index (κ1) is 11.9. The fourth-order valence-electron chi connectivity index (χ4n) is 0.979. The van der Waals surface area contributed by atoms with Gasteiger partial charge in [0.2, 0.25) is 0 Å². The summed E-state index contributed by atoms with van der Waals surface area (Å²) in [4.78, 5) is 18.8. The number of aromatic nitrogens is 2. The van der Waals surface area contributed by atoms with Gasteiger partial charge < -0.3 is 0 Å². The molecule has 0 aliphatic rings. The van der Waals surface area contributed by atoms with E-state index in [-0.39, 0.29) is 5.12 Å². The van der Waals surface area contributed by atoms with E-state index in [1.54, 1.807) is 19.3 Å². The Balaban J connectivity index is 2.32. The summed E-state index contributed by atoms with van der Waals surface area (Å²) >= 11 is 1.35. The van der Waals surface area contributed by atoms with E-state index in [4.69, 9.17) is 0 Å². The van der Waals surface area contributed by atoms with Crippen molar-refractivity contribution in [2.75, 3.05) is 5.75 Å². The summed E-state index contributed by atoms with van der Waals surface area (Å²) in [5.74, 6) is 1.61. The molecule has 0 amide bonds. The van der Waals surface area contributed by atoms with Gasteiger partial charge in [-0.05, 0) is 13.3 Å². The number of rotatable bonds is 4. The third-order valence-corrected chi connectivity index (χ3v) is 2.55. The van der Waals surface area contributed by atoms with E-state index in [0.29, 0.717) is 0 Å². The summed E-state index contributed by atoms with van der Waals surface area (Å²) in [5, 5.41) is 0.169. The Morgan fingerprint density at radius 2 is 2.13 bits per heavy atom. The number of thioether (sulfide) groups is 1. The summed E-state index contributed by atoms with van der Waals surface area (Å²) in [6, 6.07) is 0. The van der Waals surface area contributed by atoms with Gasteiger partial charge in [-0.1, -0.05) is 23.9 Å². The molecule has 1 aromatic heterocycles. The van der Waals surface area contributed by atoms with Gasteiger partial charge in [-0.3, -0.25) is 4.79 Å². The van der Waals surface area contributed by atoms with Crippen molar-refractivity contribution in [2.45, 2.75) is 20.3 Å². The van der Waals surface area contributed by atoms with Gasteiger partial charge in [0.25, 0.3) is 0 Å². The maximum atomic E-state index is 10.6. The van der Waals surface area contributed by atoms with Crippen molar-refractivity contribution in [1.82, 2.24) is 9.97 Å². The first-order chi connectivity index (χ1) is 7.18. The van der Waals surface area contributed by atoms with Crippen molar-refractivity contribution in [3.8, 4) is 0 Å². The van der Waals surface area contributed by atoms with Crippen LogP contribution in [0.15, 0.2) is 18.5 Å². The van der Waals surface area contributed by atoms with Gasteiger partial charge in [0.05, 0.1) is 0 Å². The van der Waals surface area contributed by atoms with Crippen LogP contribution in [-0.2, 0) is 4.79 Å². The molecule has 0 saturated heterocycles. The molecule has 80 valence electrons. The average Bonchev–Trinajstić information content (AvgIpc) is 2.20. The molecule has 0 bridgehead atoms. The fraction of sp³-hybridized carbons (Fsp3) is 0.364. The van der Waals surface area contributed by atoms with E-state index < -0.39 is 0 Å². The summed E-state index contributed by atoms with van der Waals surface area (Å²) in [6.07, 6.45) is 8.47. The molecule has 0 atom stereocenters. The Morgan fingerprint density at radius 1 is 1.47 bits per heavy atom. The van der Waals surface area contributed by atoms with Crippen molar-refractivity contribution in [3.63, 3.8) is 0 Å². The molecule has 0 fully saturated rings. The molecular formula is C11H14N2OS. The maximum Gasteiger partial charge on any atom is 0.185 e. The number of hydrogen-bond donors (Lipinski definition) is 0. The molecule has 0 spiro atoms. The number of carbonyl (C=O) groups excluding carboxylic acids is 1. The van der Waals surface area contributed by atoms with Crippen LogP contribution in [0.4, 0.5) is 0 Å². The SMILES string of the molecule is CC(=O)SCCC=Cc1cnc(C)nc1. The van der Waals surface area contributed by atoms with Gasteiger partial charge in [0.1, 0.15) is 5.82 Å². The molecule has 3 nitrogen and oxygen atoms in total. The molecule has 0 saturated carbocycles. The summed E-state index contributed by atoms with van der Waals surface area (Å²) < 4.78 is 0. The van der Waals surface area contributed by atoms with Crippen molar-refractivity contribution in [1.29, 1.82) is 0 Å². The molecule has 1 rings (SSSR count). The summed E-state index contributed by atoms with van der Waals surface area (Å²) in [5.41, 5.74) is 0.994. The number of carbonyl (C=O) groups is 1. The Hall–Kier alpha value is -1.16. The lowest BCUT2D eigenvalue weighted by Crippen LogP contribution is -1.86. The van der Waals surface area contributed by atoms with Crippen LogP contribution in [0, 0.1) is 6.92 Å². The van der Waals surface area contributed by atoms with Crippen LogP contribution in [0.3, 0.4) is 0 Å². The third kappa shape index (κ3) is 5.32. The van der Waals surface area contributed by atoms with Gasteiger partial charge in [0.15, 0.2) is 5.12 Å². The average molecular weight is 222 g/mol. The first-order valence-electron chi connectivity index (χ1n) is 4.77. The zero-order valence-corrected chi connectivity index (χ0v) is 9.75. The lowest BCUT2D eigenvalue weighted by molar-refractivity contribution is -0.109. The second kappa shape index (κ2) is 6.35. The Kier molecular flexibility index (Phi) is 5.04. The molecular weight excluding hydrogens is 208 g/mol. The Morgan fingerprint density at radius 3 is 2.73 bits per heavy atom. The quantitative estimate of drug-likeness (QED) is 0.734. The molecule has 0 unspecified atom stereocenters. The highest BCUT2D eigenvalue weighted by Crippen LogP contribution is 2.05. The molecule has 0 aromatic carbocycles. The first-order valence-corrected chi connectivity index (χ1v) is 5.75. The topological polar surface area (TPSA) is 42.9 Å². The number of nitrogens with zero attached hydrogens (tertiary/aromatic N) is 2. The number of aryl methyl sites for hydroxylation is 1. The van der Waals surface area contributed by atoms with Crippen molar-refractivity contribution in [2.24, 2.45) is 0 Å². The normalized spacial score (nSPS) is 10.8. The smallest absolute Gasteiger partial charge is 0.185 e. The van der Waals surface area contributed by atoms with Crippen LogP contribution in [0.1, 0.15) is 24.7 Å². The Bertz CT molecular complexity index is 346. The van der Waals surface area contributed by atoms with Crippen LogP contribution in [0.25, 0.3) is 6.08 Å². The Labute approximate surface area is 94.0 Å². The van der Waals surface area contributed by atoms with E-state index in [1.807, 2.05) is 19.1 Å². The minimum absolute atomic E-state index is 0.169. The van der Waals surface area contributed by atoms with E-state index in [9.17, 15) is 4.79 Å². The van der Waals surface area contributed by atoms with E-state index in [1.165, 1.54) is 11.8 Å². The van der Waals surface area contributed by atoms with Crippen LogP contribution in [0.5, 0.6) is 0 Å². The predicted molar refractivity (Wildman–Crippen MR) is 63.6 cm³/mol. The molecule has 0 aliphatic heterocycles. The van der Waals surface area contributed by atoms with Gasteiger partial charge in [-0.25, -0.2) is 9.97 Å². The molecule has 15 heavy (non-hydrogen) atoms. The van der Waals surface area contributed by atoms with Gasteiger partial charge in [-0.15, -0.1) is 0 Å². The van der Waals surface area contributed by atoms with Crippen LogP contribution in [0.2, 0.25) is 0 Å². The molecule has 0 N–H and O–H groups in total. The molecule has 0 aliphatic carbocycles. The molecule has 1 heterocycles. The summed E-state index contributed by atoms with van der Waals surface area (Å²) in [7, 11) is 0. The second-order valence-electron chi connectivity index (χ2n) is 3.09. The van der Waals surface area contributed by atoms with Crippen LogP contribution >= 0.6 is 11.8 Å². The van der Waals surface area contributed by atoms with Crippen molar-refractivity contribution in [3.05, 3.63) is 29.9 Å².